The van der Waals surface area contributed by atoms with Crippen molar-refractivity contribution in [2.24, 2.45) is 5.92 Å². The van der Waals surface area contributed by atoms with Crippen LogP contribution in [0, 0.1) is 11.7 Å². The molecule has 2 N–H and O–H groups in total. The number of phenolic OH excluding ortho intramolecular Hbond substituents is 1. The number of halogens is 2. The average Bonchev–Trinajstić information content (AvgIpc) is 2.35. The third kappa shape index (κ3) is 3.08. The van der Waals surface area contributed by atoms with Crippen LogP contribution >= 0.6 is 12.4 Å². The normalized spacial score (nSPS) is 21.9. The van der Waals surface area contributed by atoms with Gasteiger partial charge in [-0.2, -0.15) is 0 Å². The van der Waals surface area contributed by atoms with E-state index in [1.165, 1.54) is 25.3 Å². The van der Waals surface area contributed by atoms with E-state index in [0.29, 0.717) is 5.92 Å². The minimum atomic E-state index is -0.268. The molecule has 1 saturated carbocycles. The third-order valence-corrected chi connectivity index (χ3v) is 4.44. The summed E-state index contributed by atoms with van der Waals surface area (Å²) < 4.78 is 14.2. The number of phenols is 1. The van der Waals surface area contributed by atoms with Crippen molar-refractivity contribution in [2.75, 3.05) is 26.2 Å². The van der Waals surface area contributed by atoms with Gasteiger partial charge in [-0.15, -0.1) is 12.4 Å². The molecule has 112 valence electrons. The Balaban J connectivity index is 0.00000147. The highest BCUT2D eigenvalue weighted by atomic mass is 35.5. The first-order valence-electron chi connectivity index (χ1n) is 7.19. The fourth-order valence-electron chi connectivity index (χ4n) is 3.22. The van der Waals surface area contributed by atoms with Crippen molar-refractivity contribution in [3.8, 4) is 5.75 Å². The van der Waals surface area contributed by atoms with Crippen LogP contribution in [-0.4, -0.2) is 36.2 Å². The van der Waals surface area contributed by atoms with Crippen LogP contribution in [-0.2, 0) is 0 Å². The Morgan fingerprint density at radius 1 is 1.25 bits per heavy atom. The van der Waals surface area contributed by atoms with Crippen molar-refractivity contribution >= 4 is 12.4 Å². The van der Waals surface area contributed by atoms with Crippen LogP contribution in [0.15, 0.2) is 18.2 Å². The van der Waals surface area contributed by atoms with Gasteiger partial charge in [0.15, 0.2) is 0 Å². The highest BCUT2D eigenvalue weighted by molar-refractivity contribution is 5.85. The van der Waals surface area contributed by atoms with Crippen LogP contribution in [0.5, 0.6) is 5.75 Å². The molecule has 2 aliphatic rings. The summed E-state index contributed by atoms with van der Waals surface area (Å²) in [6.07, 6.45) is 3.64. The molecule has 3 nitrogen and oxygen atoms in total. The van der Waals surface area contributed by atoms with Gasteiger partial charge in [0.25, 0.3) is 0 Å². The molecule has 1 heterocycles. The predicted octanol–water partition coefficient (Wildman–Crippen LogP) is 2.70. The van der Waals surface area contributed by atoms with E-state index in [2.05, 4.69) is 10.2 Å². The molecule has 0 unspecified atom stereocenters. The number of rotatable bonds is 3. The van der Waals surface area contributed by atoms with E-state index in [1.54, 1.807) is 12.1 Å². The smallest absolute Gasteiger partial charge is 0.131 e. The second-order valence-corrected chi connectivity index (χ2v) is 5.63. The van der Waals surface area contributed by atoms with Gasteiger partial charge in [-0.3, -0.25) is 4.90 Å². The fraction of sp³-hybridized carbons (Fsp3) is 0.600. The SMILES string of the molecule is Cl.Oc1ccc([C@H](C2CCC2)N2CCNCC2)c(F)c1. The monoisotopic (exact) mass is 300 g/mol. The standard InChI is InChI=1S/C15H21FN2O.ClH/c16-14-10-12(19)4-5-13(14)15(11-2-1-3-11)18-8-6-17-7-9-18;/h4-5,10-11,15,17,19H,1-3,6-9H2;1H/t15-;/m0./s1. The summed E-state index contributed by atoms with van der Waals surface area (Å²) in [6, 6.07) is 4.78. The highest BCUT2D eigenvalue weighted by Crippen LogP contribution is 2.42. The topological polar surface area (TPSA) is 35.5 Å². The van der Waals surface area contributed by atoms with Gasteiger partial charge in [-0.25, -0.2) is 4.39 Å². The average molecular weight is 301 g/mol. The first kappa shape index (κ1) is 15.5. The Bertz CT molecular complexity index is 447. The summed E-state index contributed by atoms with van der Waals surface area (Å²) in [7, 11) is 0. The second kappa shape index (κ2) is 6.74. The molecule has 1 aromatic rings. The summed E-state index contributed by atoms with van der Waals surface area (Å²) in [4.78, 5) is 2.40. The molecule has 0 spiro atoms. The highest BCUT2D eigenvalue weighted by Gasteiger charge is 2.34. The lowest BCUT2D eigenvalue weighted by atomic mass is 9.76. The van der Waals surface area contributed by atoms with E-state index in [1.807, 2.05) is 0 Å². The molecule has 1 aromatic carbocycles. The summed E-state index contributed by atoms with van der Waals surface area (Å²) in [5.41, 5.74) is 0.754. The third-order valence-electron chi connectivity index (χ3n) is 4.44. The van der Waals surface area contributed by atoms with E-state index in [9.17, 15) is 9.50 Å². The molecule has 0 bridgehead atoms. The summed E-state index contributed by atoms with van der Waals surface area (Å²) in [5.74, 6) is 0.307. The van der Waals surface area contributed by atoms with Gasteiger partial charge in [-0.1, -0.05) is 12.5 Å². The van der Waals surface area contributed by atoms with Crippen LogP contribution in [0.3, 0.4) is 0 Å². The summed E-state index contributed by atoms with van der Waals surface area (Å²) in [6.45, 7) is 3.90. The van der Waals surface area contributed by atoms with Crippen molar-refractivity contribution < 1.29 is 9.50 Å². The van der Waals surface area contributed by atoms with Crippen LogP contribution < -0.4 is 5.32 Å². The Hall–Kier alpha value is -0.840. The van der Waals surface area contributed by atoms with Crippen molar-refractivity contribution in [2.45, 2.75) is 25.3 Å². The molecule has 1 aliphatic heterocycles. The minimum absolute atomic E-state index is 0. The number of piperazine rings is 1. The zero-order chi connectivity index (χ0) is 13.2. The maximum Gasteiger partial charge on any atom is 0.131 e. The quantitative estimate of drug-likeness (QED) is 0.901. The van der Waals surface area contributed by atoms with E-state index in [4.69, 9.17) is 0 Å². The summed E-state index contributed by atoms with van der Waals surface area (Å²) >= 11 is 0. The van der Waals surface area contributed by atoms with Crippen LogP contribution in [0.25, 0.3) is 0 Å². The Morgan fingerprint density at radius 3 is 2.50 bits per heavy atom. The molecule has 2 fully saturated rings. The maximum absolute atomic E-state index is 14.2. The Morgan fingerprint density at radius 2 is 1.95 bits per heavy atom. The van der Waals surface area contributed by atoms with Crippen LogP contribution in [0.1, 0.15) is 30.9 Å². The molecule has 3 rings (SSSR count). The Kier molecular flexibility index (Phi) is 5.24. The number of aromatic hydroxyl groups is 1. The van der Waals surface area contributed by atoms with Gasteiger partial charge in [0.1, 0.15) is 11.6 Å². The number of hydrogen-bond acceptors (Lipinski definition) is 3. The molecular formula is C15H22ClFN2O. The predicted molar refractivity (Wildman–Crippen MR) is 79.8 cm³/mol. The first-order valence-corrected chi connectivity index (χ1v) is 7.19. The van der Waals surface area contributed by atoms with E-state index < -0.39 is 0 Å². The Labute approximate surface area is 125 Å². The molecule has 0 aromatic heterocycles. The van der Waals surface area contributed by atoms with Gasteiger partial charge in [0.05, 0.1) is 0 Å². The zero-order valence-electron chi connectivity index (χ0n) is 11.5. The number of benzene rings is 1. The molecule has 0 radical (unpaired) electrons. The van der Waals surface area contributed by atoms with E-state index >= 15 is 0 Å². The molecular weight excluding hydrogens is 279 g/mol. The zero-order valence-corrected chi connectivity index (χ0v) is 12.3. The maximum atomic E-state index is 14.2. The molecule has 5 heteroatoms. The number of nitrogens with zero attached hydrogens (tertiary/aromatic N) is 1. The largest absolute Gasteiger partial charge is 0.508 e. The number of nitrogens with one attached hydrogen (secondary N) is 1. The van der Waals surface area contributed by atoms with Crippen molar-refractivity contribution in [3.05, 3.63) is 29.6 Å². The first-order chi connectivity index (χ1) is 9.25. The second-order valence-electron chi connectivity index (χ2n) is 5.63. The van der Waals surface area contributed by atoms with Crippen molar-refractivity contribution in [1.82, 2.24) is 10.2 Å². The van der Waals surface area contributed by atoms with Crippen molar-refractivity contribution in [3.63, 3.8) is 0 Å². The van der Waals surface area contributed by atoms with Gasteiger partial charge in [0, 0.05) is 43.9 Å². The van der Waals surface area contributed by atoms with Crippen molar-refractivity contribution in [1.29, 1.82) is 0 Å². The lowest BCUT2D eigenvalue weighted by molar-refractivity contribution is 0.0811. The molecule has 1 atom stereocenters. The fourth-order valence-corrected chi connectivity index (χ4v) is 3.22. The van der Waals surface area contributed by atoms with Gasteiger partial charge in [0.2, 0.25) is 0 Å². The molecule has 1 saturated heterocycles. The van der Waals surface area contributed by atoms with Gasteiger partial charge < -0.3 is 10.4 Å². The molecule has 0 amide bonds. The van der Waals surface area contributed by atoms with E-state index in [-0.39, 0.29) is 30.0 Å². The van der Waals surface area contributed by atoms with Gasteiger partial charge >= 0.3 is 0 Å². The molecule has 1 aliphatic carbocycles. The lowest BCUT2D eigenvalue weighted by Gasteiger charge is -2.43. The van der Waals surface area contributed by atoms with Gasteiger partial charge in [-0.05, 0) is 24.8 Å². The molecule has 20 heavy (non-hydrogen) atoms. The van der Waals surface area contributed by atoms with Crippen LogP contribution in [0.4, 0.5) is 4.39 Å². The minimum Gasteiger partial charge on any atom is -0.508 e. The summed E-state index contributed by atoms with van der Waals surface area (Å²) in [5, 5.41) is 12.7. The van der Waals surface area contributed by atoms with Crippen LogP contribution in [0.2, 0.25) is 0 Å². The van der Waals surface area contributed by atoms with E-state index in [0.717, 1.165) is 31.7 Å². The lowest BCUT2D eigenvalue weighted by Crippen LogP contribution is -2.48. The number of hydrogen-bond donors (Lipinski definition) is 2.